The number of carbonyl (C=O) groups excluding carboxylic acids is 1. The van der Waals surface area contributed by atoms with Crippen molar-refractivity contribution >= 4 is 17.3 Å². The lowest BCUT2D eigenvalue weighted by Crippen LogP contribution is -2.10. The number of benzene rings is 1. The summed E-state index contributed by atoms with van der Waals surface area (Å²) in [5.74, 6) is -0.313. The molecule has 1 amide bonds. The maximum absolute atomic E-state index is 10.9. The van der Waals surface area contributed by atoms with Gasteiger partial charge < -0.3 is 5.32 Å². The Bertz CT molecular complexity index is 427. The van der Waals surface area contributed by atoms with E-state index in [0.29, 0.717) is 0 Å². The molecule has 0 unspecified atom stereocenters. The molecule has 0 atom stereocenters. The molecule has 0 fully saturated rings. The Morgan fingerprint density at radius 1 is 1.40 bits per heavy atom. The summed E-state index contributed by atoms with van der Waals surface area (Å²) in [6.45, 7) is 4.91. The molecule has 0 aromatic heterocycles. The average molecular weight is 208 g/mol. The molecule has 5 nitrogen and oxygen atoms in total. The minimum Gasteiger partial charge on any atom is -0.320 e. The molecule has 0 aliphatic heterocycles. The lowest BCUT2D eigenvalue weighted by molar-refractivity contribution is -0.384. The van der Waals surface area contributed by atoms with Crippen molar-refractivity contribution in [1.82, 2.24) is 0 Å². The van der Waals surface area contributed by atoms with Crippen molar-refractivity contribution < 1.29 is 9.72 Å². The number of hydrogen-bond acceptors (Lipinski definition) is 3. The number of nitro benzene ring substituents is 1. The third-order valence-corrected chi connectivity index (χ3v) is 2.21. The van der Waals surface area contributed by atoms with Crippen LogP contribution in [0.25, 0.3) is 0 Å². The van der Waals surface area contributed by atoms with Gasteiger partial charge in [0.05, 0.1) is 4.92 Å². The molecule has 1 rings (SSSR count). The summed E-state index contributed by atoms with van der Waals surface area (Å²) in [7, 11) is 0. The summed E-state index contributed by atoms with van der Waals surface area (Å²) in [4.78, 5) is 21.1. The predicted molar refractivity (Wildman–Crippen MR) is 56.9 cm³/mol. The molecule has 0 spiro atoms. The predicted octanol–water partition coefficient (Wildman–Crippen LogP) is 2.17. The molecule has 1 aromatic carbocycles. The van der Waals surface area contributed by atoms with Gasteiger partial charge in [-0.3, -0.25) is 14.9 Å². The van der Waals surface area contributed by atoms with Crippen LogP contribution in [0.5, 0.6) is 0 Å². The monoisotopic (exact) mass is 208 g/mol. The van der Waals surface area contributed by atoms with Gasteiger partial charge in [0.2, 0.25) is 5.91 Å². The Hall–Kier alpha value is -1.91. The van der Waals surface area contributed by atoms with Gasteiger partial charge in [0.15, 0.2) is 0 Å². The van der Waals surface area contributed by atoms with E-state index in [1.54, 1.807) is 13.0 Å². The lowest BCUT2D eigenvalue weighted by atomic mass is 10.1. The van der Waals surface area contributed by atoms with E-state index < -0.39 is 4.92 Å². The summed E-state index contributed by atoms with van der Waals surface area (Å²) < 4.78 is 0. The van der Waals surface area contributed by atoms with Crippen molar-refractivity contribution in [3.8, 4) is 0 Å². The van der Waals surface area contributed by atoms with Crippen LogP contribution in [0.4, 0.5) is 11.4 Å². The van der Waals surface area contributed by atoms with E-state index >= 15 is 0 Å². The maximum atomic E-state index is 10.9. The molecule has 0 aliphatic carbocycles. The number of carbonyl (C=O) groups is 1. The fourth-order valence-electron chi connectivity index (χ4n) is 1.29. The average Bonchev–Trinajstić information content (AvgIpc) is 2.12. The zero-order chi connectivity index (χ0) is 11.6. The number of amides is 1. The molecule has 15 heavy (non-hydrogen) atoms. The number of hydrogen-bond donors (Lipinski definition) is 1. The standard InChI is InChI=1S/C10H12N2O3/c1-6-4-5-9(12(14)15)10(7(6)2)11-8(3)13/h4-5H,1-3H3,(H,11,13). The maximum Gasteiger partial charge on any atom is 0.293 e. The number of aryl methyl sites for hydroxylation is 1. The molecule has 0 aliphatic rings. The van der Waals surface area contributed by atoms with Crippen molar-refractivity contribution in [2.45, 2.75) is 20.8 Å². The van der Waals surface area contributed by atoms with E-state index in [-0.39, 0.29) is 17.3 Å². The third kappa shape index (κ3) is 2.31. The molecule has 0 radical (unpaired) electrons. The fraction of sp³-hybridized carbons (Fsp3) is 0.300. The quantitative estimate of drug-likeness (QED) is 0.598. The Balaban J connectivity index is 3.34. The summed E-state index contributed by atoms with van der Waals surface area (Å²) in [5, 5.41) is 13.2. The van der Waals surface area contributed by atoms with Gasteiger partial charge in [0.25, 0.3) is 5.69 Å². The van der Waals surface area contributed by atoms with Crippen molar-refractivity contribution in [3.63, 3.8) is 0 Å². The minimum absolute atomic E-state index is 0.0756. The second-order valence-electron chi connectivity index (χ2n) is 3.34. The molecule has 0 bridgehead atoms. The van der Waals surface area contributed by atoms with Crippen LogP contribution in [-0.4, -0.2) is 10.8 Å². The Kier molecular flexibility index (Phi) is 3.04. The van der Waals surface area contributed by atoms with Gasteiger partial charge in [0, 0.05) is 13.0 Å². The first-order valence-electron chi connectivity index (χ1n) is 4.45. The Labute approximate surface area is 87.3 Å². The van der Waals surface area contributed by atoms with Crippen LogP contribution >= 0.6 is 0 Å². The van der Waals surface area contributed by atoms with E-state index in [4.69, 9.17) is 0 Å². The van der Waals surface area contributed by atoms with Crippen LogP contribution in [0.2, 0.25) is 0 Å². The molecule has 0 saturated heterocycles. The van der Waals surface area contributed by atoms with Gasteiger partial charge in [-0.1, -0.05) is 6.07 Å². The van der Waals surface area contributed by atoms with Crippen LogP contribution in [0.3, 0.4) is 0 Å². The van der Waals surface area contributed by atoms with Gasteiger partial charge in [-0.25, -0.2) is 0 Å². The van der Waals surface area contributed by atoms with E-state index in [1.807, 2.05) is 6.92 Å². The van der Waals surface area contributed by atoms with Crippen LogP contribution in [-0.2, 0) is 4.79 Å². The smallest absolute Gasteiger partial charge is 0.293 e. The first-order valence-corrected chi connectivity index (χ1v) is 4.45. The van der Waals surface area contributed by atoms with Crippen molar-refractivity contribution in [2.24, 2.45) is 0 Å². The lowest BCUT2D eigenvalue weighted by Gasteiger charge is -2.09. The number of nitro groups is 1. The zero-order valence-electron chi connectivity index (χ0n) is 8.83. The van der Waals surface area contributed by atoms with E-state index in [9.17, 15) is 14.9 Å². The number of rotatable bonds is 2. The van der Waals surface area contributed by atoms with Crippen LogP contribution in [0.15, 0.2) is 12.1 Å². The SMILES string of the molecule is CC(=O)Nc1c([N+](=O)[O-])ccc(C)c1C. The highest BCUT2D eigenvalue weighted by atomic mass is 16.6. The number of nitrogens with zero attached hydrogens (tertiary/aromatic N) is 1. The van der Waals surface area contributed by atoms with Crippen molar-refractivity contribution in [3.05, 3.63) is 33.4 Å². The first-order chi connectivity index (χ1) is 6.93. The van der Waals surface area contributed by atoms with Crippen LogP contribution in [0, 0.1) is 24.0 Å². The van der Waals surface area contributed by atoms with E-state index in [0.717, 1.165) is 11.1 Å². The van der Waals surface area contributed by atoms with E-state index in [1.165, 1.54) is 13.0 Å². The topological polar surface area (TPSA) is 72.2 Å². The molecular weight excluding hydrogens is 196 g/mol. The number of anilines is 1. The second kappa shape index (κ2) is 4.08. The van der Waals surface area contributed by atoms with Gasteiger partial charge in [-0.15, -0.1) is 0 Å². The molecule has 80 valence electrons. The largest absolute Gasteiger partial charge is 0.320 e. The fourth-order valence-corrected chi connectivity index (χ4v) is 1.29. The normalized spacial score (nSPS) is 9.80. The van der Waals surface area contributed by atoms with E-state index in [2.05, 4.69) is 5.32 Å². The highest BCUT2D eigenvalue weighted by molar-refractivity contribution is 5.92. The molecule has 1 N–H and O–H groups in total. The summed E-state index contributed by atoms with van der Waals surface area (Å²) in [6.07, 6.45) is 0. The Morgan fingerprint density at radius 2 is 2.00 bits per heavy atom. The first kappa shape index (κ1) is 11.2. The van der Waals surface area contributed by atoms with Crippen molar-refractivity contribution in [1.29, 1.82) is 0 Å². The van der Waals surface area contributed by atoms with Gasteiger partial charge in [-0.2, -0.15) is 0 Å². The highest BCUT2D eigenvalue weighted by Gasteiger charge is 2.17. The van der Waals surface area contributed by atoms with Gasteiger partial charge >= 0.3 is 0 Å². The molecule has 1 aromatic rings. The minimum atomic E-state index is -0.502. The van der Waals surface area contributed by atoms with Gasteiger partial charge in [0.1, 0.15) is 5.69 Å². The highest BCUT2D eigenvalue weighted by Crippen LogP contribution is 2.29. The summed E-state index contributed by atoms with van der Waals surface area (Å²) in [6, 6.07) is 3.06. The van der Waals surface area contributed by atoms with Crippen molar-refractivity contribution in [2.75, 3.05) is 5.32 Å². The number of nitrogens with one attached hydrogen (secondary N) is 1. The third-order valence-electron chi connectivity index (χ3n) is 2.21. The van der Waals surface area contributed by atoms with Gasteiger partial charge in [-0.05, 0) is 25.0 Å². The zero-order valence-corrected chi connectivity index (χ0v) is 8.83. The van der Waals surface area contributed by atoms with Crippen LogP contribution < -0.4 is 5.32 Å². The molecule has 0 saturated carbocycles. The summed E-state index contributed by atoms with van der Waals surface area (Å²) >= 11 is 0. The molecule has 0 heterocycles. The molecule has 5 heteroatoms. The van der Waals surface area contributed by atoms with Crippen LogP contribution in [0.1, 0.15) is 18.1 Å². The second-order valence-corrected chi connectivity index (χ2v) is 3.34. The summed E-state index contributed by atoms with van der Waals surface area (Å²) in [5.41, 5.74) is 1.84. The molecular formula is C10H12N2O3. The Morgan fingerprint density at radius 3 is 2.47 bits per heavy atom.